The highest BCUT2D eigenvalue weighted by Crippen LogP contribution is 2.52. The summed E-state index contributed by atoms with van der Waals surface area (Å²) < 4.78 is 4.97. The molecule has 3 heteroatoms. The first kappa shape index (κ1) is 24.1. The maximum absolute atomic E-state index is 12.1. The molecular formula is C32H39NO2. The van der Waals surface area contributed by atoms with E-state index >= 15 is 0 Å². The molecule has 0 radical (unpaired) electrons. The number of benzene rings is 2. The van der Waals surface area contributed by atoms with Gasteiger partial charge in [0, 0.05) is 23.2 Å². The van der Waals surface area contributed by atoms with Crippen LogP contribution in [0, 0.1) is 11.8 Å². The van der Waals surface area contributed by atoms with Crippen molar-refractivity contribution in [2.45, 2.75) is 95.1 Å². The third-order valence-electron chi connectivity index (χ3n) is 8.60. The predicted molar refractivity (Wildman–Crippen MR) is 142 cm³/mol. The molecule has 184 valence electrons. The normalized spacial score (nSPS) is 21.2. The van der Waals surface area contributed by atoms with Gasteiger partial charge in [0.05, 0.1) is 12.5 Å². The maximum Gasteiger partial charge on any atom is 0.315 e. The molecule has 5 rings (SSSR count). The number of hydrogen-bond acceptors (Lipinski definition) is 3. The van der Waals surface area contributed by atoms with Crippen LogP contribution < -0.4 is 0 Å². The van der Waals surface area contributed by atoms with Crippen molar-refractivity contribution >= 4 is 5.97 Å². The van der Waals surface area contributed by atoms with E-state index in [0.29, 0.717) is 12.0 Å². The lowest BCUT2D eigenvalue weighted by Gasteiger charge is -2.42. The summed E-state index contributed by atoms with van der Waals surface area (Å²) in [7, 11) is 3.78. The van der Waals surface area contributed by atoms with Gasteiger partial charge in [0.15, 0.2) is 0 Å². The smallest absolute Gasteiger partial charge is 0.315 e. The van der Waals surface area contributed by atoms with Crippen LogP contribution in [0.3, 0.4) is 0 Å². The van der Waals surface area contributed by atoms with Crippen molar-refractivity contribution in [3.63, 3.8) is 0 Å². The summed E-state index contributed by atoms with van der Waals surface area (Å²) in [5.74, 6) is 7.35. The summed E-state index contributed by atoms with van der Waals surface area (Å²) in [6.07, 6.45) is 7.79. The standard InChI is InChI=1S/C32H39NO2/c1-31(2)18-17-28(33(5)25-15-16-25)29-26(23-11-12-23)19-22(20-27(29)31)8-7-21-9-13-24(14-10-21)32(3,4)30(34)35-6/h9-10,13-14,19-20,23,25,28H,11-12,15-18H2,1-6H3. The van der Waals surface area contributed by atoms with Crippen molar-refractivity contribution in [3.8, 4) is 11.8 Å². The molecule has 2 fully saturated rings. The van der Waals surface area contributed by atoms with Gasteiger partial charge >= 0.3 is 5.97 Å². The predicted octanol–water partition coefficient (Wildman–Crippen LogP) is 6.62. The van der Waals surface area contributed by atoms with Crippen molar-refractivity contribution in [2.24, 2.45) is 0 Å². The Balaban J connectivity index is 1.49. The van der Waals surface area contributed by atoms with Crippen LogP contribution in [0.2, 0.25) is 0 Å². The van der Waals surface area contributed by atoms with E-state index in [-0.39, 0.29) is 11.4 Å². The lowest BCUT2D eigenvalue weighted by molar-refractivity contribution is -0.146. The minimum absolute atomic E-state index is 0.179. The van der Waals surface area contributed by atoms with Crippen molar-refractivity contribution in [2.75, 3.05) is 14.2 Å². The first-order chi connectivity index (χ1) is 16.6. The Labute approximate surface area is 211 Å². The Kier molecular flexibility index (Phi) is 6.09. The minimum atomic E-state index is -0.673. The van der Waals surface area contributed by atoms with Crippen LogP contribution in [0.25, 0.3) is 0 Å². The Morgan fingerprint density at radius 1 is 1.00 bits per heavy atom. The third-order valence-corrected chi connectivity index (χ3v) is 8.60. The number of methoxy groups -OCH3 is 1. The van der Waals surface area contributed by atoms with E-state index < -0.39 is 5.41 Å². The molecule has 3 aliphatic carbocycles. The number of nitrogens with zero attached hydrogens (tertiary/aromatic N) is 1. The molecule has 2 saturated carbocycles. The molecule has 3 nitrogen and oxygen atoms in total. The fourth-order valence-electron chi connectivity index (χ4n) is 5.82. The van der Waals surface area contributed by atoms with E-state index in [2.05, 4.69) is 49.8 Å². The molecule has 2 aromatic carbocycles. The van der Waals surface area contributed by atoms with Crippen LogP contribution in [0.1, 0.15) is 112 Å². The molecule has 0 heterocycles. The second kappa shape index (κ2) is 8.82. The zero-order valence-electron chi connectivity index (χ0n) is 22.2. The summed E-state index contributed by atoms with van der Waals surface area (Å²) in [5, 5.41) is 0. The Morgan fingerprint density at radius 3 is 2.26 bits per heavy atom. The lowest BCUT2D eigenvalue weighted by atomic mass is 9.68. The average molecular weight is 470 g/mol. The molecule has 3 aliphatic rings. The Morgan fingerprint density at radius 2 is 1.66 bits per heavy atom. The van der Waals surface area contributed by atoms with Gasteiger partial charge < -0.3 is 4.74 Å². The zero-order chi connectivity index (χ0) is 25.0. The van der Waals surface area contributed by atoms with Crippen molar-refractivity contribution < 1.29 is 9.53 Å². The molecule has 0 aliphatic heterocycles. The van der Waals surface area contributed by atoms with Crippen molar-refractivity contribution in [1.29, 1.82) is 0 Å². The first-order valence-corrected chi connectivity index (χ1v) is 13.2. The minimum Gasteiger partial charge on any atom is -0.468 e. The quantitative estimate of drug-likeness (QED) is 0.364. The van der Waals surface area contributed by atoms with Gasteiger partial charge in [-0.05, 0) is 117 Å². The molecule has 0 N–H and O–H groups in total. The third kappa shape index (κ3) is 4.66. The molecule has 0 amide bonds. The van der Waals surface area contributed by atoms with Crippen LogP contribution in [-0.4, -0.2) is 31.1 Å². The molecule has 35 heavy (non-hydrogen) atoms. The number of carbonyl (C=O) groups excluding carboxylic acids is 1. The van der Waals surface area contributed by atoms with E-state index in [1.165, 1.54) is 51.2 Å². The number of hydrogen-bond donors (Lipinski definition) is 0. The van der Waals surface area contributed by atoms with E-state index in [1.807, 2.05) is 38.1 Å². The van der Waals surface area contributed by atoms with Gasteiger partial charge in [0.25, 0.3) is 0 Å². The number of fused-ring (bicyclic) bond motifs is 1. The molecule has 1 unspecified atom stereocenters. The van der Waals surface area contributed by atoms with Gasteiger partial charge in [-0.15, -0.1) is 0 Å². The van der Waals surface area contributed by atoms with Gasteiger partial charge in [0.2, 0.25) is 0 Å². The summed E-state index contributed by atoms with van der Waals surface area (Å²) in [6.45, 7) is 8.60. The topological polar surface area (TPSA) is 29.5 Å². The van der Waals surface area contributed by atoms with Crippen LogP contribution >= 0.6 is 0 Å². The van der Waals surface area contributed by atoms with Crippen LogP contribution in [0.15, 0.2) is 36.4 Å². The summed E-state index contributed by atoms with van der Waals surface area (Å²) in [4.78, 5) is 14.8. The molecule has 0 saturated heterocycles. The van der Waals surface area contributed by atoms with Crippen LogP contribution in [-0.2, 0) is 20.4 Å². The monoisotopic (exact) mass is 469 g/mol. The number of ether oxygens (including phenoxy) is 1. The molecule has 0 aromatic heterocycles. The summed E-state index contributed by atoms with van der Waals surface area (Å²) >= 11 is 0. The molecule has 2 aromatic rings. The highest BCUT2D eigenvalue weighted by atomic mass is 16.5. The Bertz CT molecular complexity index is 1190. The fourth-order valence-corrected chi connectivity index (χ4v) is 5.82. The van der Waals surface area contributed by atoms with Crippen molar-refractivity contribution in [1.82, 2.24) is 4.90 Å². The summed E-state index contributed by atoms with van der Waals surface area (Å²) in [6, 6.07) is 14.1. The Hall–Kier alpha value is -2.57. The van der Waals surface area contributed by atoms with Gasteiger partial charge in [-0.25, -0.2) is 0 Å². The van der Waals surface area contributed by atoms with Crippen LogP contribution in [0.5, 0.6) is 0 Å². The van der Waals surface area contributed by atoms with Gasteiger partial charge in [-0.2, -0.15) is 0 Å². The summed E-state index contributed by atoms with van der Waals surface area (Å²) in [5.41, 5.74) is 7.24. The molecular weight excluding hydrogens is 430 g/mol. The SMILES string of the molecule is COC(=O)C(C)(C)c1ccc(C#Cc2cc(C3CC3)c3c(c2)C(C)(C)CCC3N(C)C2CC2)cc1. The van der Waals surface area contributed by atoms with Crippen molar-refractivity contribution in [3.05, 3.63) is 69.8 Å². The van der Waals surface area contributed by atoms with Gasteiger partial charge in [-0.1, -0.05) is 37.8 Å². The second-order valence-electron chi connectivity index (χ2n) is 12.1. The zero-order valence-corrected chi connectivity index (χ0v) is 22.2. The average Bonchev–Trinajstić information content (AvgIpc) is 3.75. The van der Waals surface area contributed by atoms with Gasteiger partial charge in [-0.3, -0.25) is 9.69 Å². The highest BCUT2D eigenvalue weighted by Gasteiger charge is 2.42. The van der Waals surface area contributed by atoms with E-state index in [0.717, 1.165) is 22.7 Å². The number of carbonyl (C=O) groups is 1. The first-order valence-electron chi connectivity index (χ1n) is 13.2. The van der Waals surface area contributed by atoms with Crippen LogP contribution in [0.4, 0.5) is 0 Å². The number of esters is 1. The van der Waals surface area contributed by atoms with Gasteiger partial charge in [0.1, 0.15) is 0 Å². The fraction of sp³-hybridized carbons (Fsp3) is 0.531. The lowest BCUT2D eigenvalue weighted by Crippen LogP contribution is -2.36. The molecule has 0 spiro atoms. The van der Waals surface area contributed by atoms with E-state index in [9.17, 15) is 4.79 Å². The van der Waals surface area contributed by atoms with E-state index in [4.69, 9.17) is 4.74 Å². The maximum atomic E-state index is 12.1. The highest BCUT2D eigenvalue weighted by molar-refractivity contribution is 5.82. The largest absolute Gasteiger partial charge is 0.468 e. The molecule has 0 bridgehead atoms. The number of rotatable bonds is 5. The van der Waals surface area contributed by atoms with E-state index in [1.54, 1.807) is 11.1 Å². The second-order valence-corrected chi connectivity index (χ2v) is 12.1. The molecule has 1 atom stereocenters.